The van der Waals surface area contributed by atoms with Crippen molar-refractivity contribution in [1.82, 2.24) is 5.32 Å². The van der Waals surface area contributed by atoms with Crippen LogP contribution in [0.3, 0.4) is 0 Å². The number of aliphatic hydroxyl groups excluding tert-OH is 1. The quantitative estimate of drug-likeness (QED) is 0.844. The van der Waals surface area contributed by atoms with Crippen LogP contribution in [-0.2, 0) is 6.18 Å². The number of aliphatic hydroxyl groups is 1. The number of hydrogen-bond acceptors (Lipinski definition) is 2. The summed E-state index contributed by atoms with van der Waals surface area (Å²) >= 11 is 0. The molecule has 0 bridgehead atoms. The molecule has 2 rings (SSSR count). The van der Waals surface area contributed by atoms with Crippen LogP contribution in [0.15, 0.2) is 18.2 Å². The van der Waals surface area contributed by atoms with Gasteiger partial charge in [-0.25, -0.2) is 4.39 Å². The SMILES string of the molecule is O=C(NC1(CO)CCCC1)c1cc(C(F)(F)F)ccc1F. The van der Waals surface area contributed by atoms with Crippen molar-refractivity contribution in [1.29, 1.82) is 0 Å². The molecular formula is C14H15F4NO2. The molecule has 1 aliphatic rings. The molecule has 116 valence electrons. The van der Waals surface area contributed by atoms with Crippen LogP contribution < -0.4 is 5.32 Å². The van der Waals surface area contributed by atoms with Gasteiger partial charge in [0.15, 0.2) is 0 Å². The normalized spacial score (nSPS) is 17.8. The van der Waals surface area contributed by atoms with E-state index in [4.69, 9.17) is 0 Å². The van der Waals surface area contributed by atoms with Crippen LogP contribution in [0.25, 0.3) is 0 Å². The van der Waals surface area contributed by atoms with E-state index in [2.05, 4.69) is 5.32 Å². The summed E-state index contributed by atoms with van der Waals surface area (Å²) in [6.45, 7) is -0.320. The molecule has 7 heteroatoms. The fourth-order valence-electron chi connectivity index (χ4n) is 2.56. The lowest BCUT2D eigenvalue weighted by molar-refractivity contribution is -0.137. The van der Waals surface area contributed by atoms with Gasteiger partial charge in [0.25, 0.3) is 5.91 Å². The van der Waals surface area contributed by atoms with Crippen LogP contribution in [0.4, 0.5) is 17.6 Å². The van der Waals surface area contributed by atoms with Crippen molar-refractivity contribution in [2.45, 2.75) is 37.4 Å². The molecule has 3 nitrogen and oxygen atoms in total. The summed E-state index contributed by atoms with van der Waals surface area (Å²) in [5, 5.41) is 11.9. The number of amides is 1. The molecule has 1 saturated carbocycles. The first-order valence-electron chi connectivity index (χ1n) is 6.57. The molecule has 1 amide bonds. The lowest BCUT2D eigenvalue weighted by atomic mass is 9.98. The van der Waals surface area contributed by atoms with Crippen LogP contribution in [0.1, 0.15) is 41.6 Å². The highest BCUT2D eigenvalue weighted by atomic mass is 19.4. The van der Waals surface area contributed by atoms with Gasteiger partial charge in [-0.3, -0.25) is 4.79 Å². The molecule has 1 aromatic rings. The molecule has 0 atom stereocenters. The van der Waals surface area contributed by atoms with E-state index in [9.17, 15) is 27.5 Å². The van der Waals surface area contributed by atoms with Crippen molar-refractivity contribution in [3.63, 3.8) is 0 Å². The maximum atomic E-state index is 13.6. The van der Waals surface area contributed by atoms with Gasteiger partial charge in [-0.15, -0.1) is 0 Å². The van der Waals surface area contributed by atoms with Crippen LogP contribution in [0, 0.1) is 5.82 Å². The molecule has 0 radical (unpaired) electrons. The zero-order valence-corrected chi connectivity index (χ0v) is 11.1. The number of carbonyl (C=O) groups is 1. The van der Waals surface area contributed by atoms with Crippen molar-refractivity contribution in [3.8, 4) is 0 Å². The molecule has 0 aromatic heterocycles. The molecule has 21 heavy (non-hydrogen) atoms. The van der Waals surface area contributed by atoms with Crippen molar-refractivity contribution >= 4 is 5.91 Å². The summed E-state index contributed by atoms with van der Waals surface area (Å²) in [4.78, 5) is 12.0. The predicted molar refractivity (Wildman–Crippen MR) is 67.2 cm³/mol. The van der Waals surface area contributed by atoms with Gasteiger partial charge in [0.1, 0.15) is 5.82 Å². The number of rotatable bonds is 3. The van der Waals surface area contributed by atoms with Crippen molar-refractivity contribution in [2.75, 3.05) is 6.61 Å². The van der Waals surface area contributed by atoms with Gasteiger partial charge >= 0.3 is 6.18 Å². The molecule has 1 aromatic carbocycles. The van der Waals surface area contributed by atoms with Crippen molar-refractivity contribution in [3.05, 3.63) is 35.1 Å². The first-order valence-corrected chi connectivity index (χ1v) is 6.57. The molecule has 0 unspecified atom stereocenters. The number of hydrogen-bond donors (Lipinski definition) is 2. The summed E-state index contributed by atoms with van der Waals surface area (Å²) < 4.78 is 51.5. The Morgan fingerprint density at radius 2 is 1.90 bits per heavy atom. The molecule has 0 heterocycles. The van der Waals surface area contributed by atoms with Crippen LogP contribution in [-0.4, -0.2) is 23.2 Å². The third-order valence-electron chi connectivity index (χ3n) is 3.78. The van der Waals surface area contributed by atoms with Gasteiger partial charge in [0, 0.05) is 0 Å². The van der Waals surface area contributed by atoms with E-state index in [-0.39, 0.29) is 6.61 Å². The highest BCUT2D eigenvalue weighted by Crippen LogP contribution is 2.32. The number of alkyl halides is 3. The topological polar surface area (TPSA) is 49.3 Å². The first kappa shape index (κ1) is 15.8. The molecule has 0 spiro atoms. The Bertz CT molecular complexity index is 536. The molecule has 1 aliphatic carbocycles. The number of benzene rings is 1. The summed E-state index contributed by atoms with van der Waals surface area (Å²) in [7, 11) is 0. The number of carbonyl (C=O) groups excluding carboxylic acids is 1. The summed E-state index contributed by atoms with van der Waals surface area (Å²) in [6, 6.07) is 1.70. The highest BCUT2D eigenvalue weighted by Gasteiger charge is 2.36. The Hall–Kier alpha value is -1.63. The Balaban J connectivity index is 2.26. The Morgan fingerprint density at radius 1 is 1.29 bits per heavy atom. The average Bonchev–Trinajstić information content (AvgIpc) is 2.87. The summed E-state index contributed by atoms with van der Waals surface area (Å²) in [5.41, 5.74) is -2.61. The van der Waals surface area contributed by atoms with Crippen molar-refractivity contribution in [2.24, 2.45) is 0 Å². The fourth-order valence-corrected chi connectivity index (χ4v) is 2.56. The lowest BCUT2D eigenvalue weighted by Crippen LogP contribution is -2.49. The van der Waals surface area contributed by atoms with Crippen LogP contribution in [0.2, 0.25) is 0 Å². The standard InChI is InChI=1S/C14H15F4NO2/c15-11-4-3-9(14(16,17)18)7-10(11)12(21)19-13(8-20)5-1-2-6-13/h3-4,7,20H,1-2,5-6,8H2,(H,19,21). The molecular weight excluding hydrogens is 290 g/mol. The Kier molecular flexibility index (Phi) is 4.22. The molecule has 0 aliphatic heterocycles. The van der Waals surface area contributed by atoms with E-state index >= 15 is 0 Å². The largest absolute Gasteiger partial charge is 0.416 e. The van der Waals surface area contributed by atoms with Gasteiger partial charge < -0.3 is 10.4 Å². The Morgan fingerprint density at radius 3 is 2.43 bits per heavy atom. The summed E-state index contributed by atoms with van der Waals surface area (Å²) in [6.07, 6.45) is -2.01. The van der Waals surface area contributed by atoms with E-state index in [1.54, 1.807) is 0 Å². The highest BCUT2D eigenvalue weighted by molar-refractivity contribution is 5.95. The minimum Gasteiger partial charge on any atom is -0.394 e. The maximum Gasteiger partial charge on any atom is 0.416 e. The van der Waals surface area contributed by atoms with Gasteiger partial charge in [-0.2, -0.15) is 13.2 Å². The maximum absolute atomic E-state index is 13.6. The second kappa shape index (κ2) is 5.63. The van der Waals surface area contributed by atoms with E-state index in [1.807, 2.05) is 0 Å². The third-order valence-corrected chi connectivity index (χ3v) is 3.78. The number of nitrogens with one attached hydrogen (secondary N) is 1. The van der Waals surface area contributed by atoms with Crippen LogP contribution in [0.5, 0.6) is 0 Å². The average molecular weight is 305 g/mol. The summed E-state index contributed by atoms with van der Waals surface area (Å²) in [5.74, 6) is -1.96. The van der Waals surface area contributed by atoms with E-state index in [0.29, 0.717) is 31.0 Å². The van der Waals surface area contributed by atoms with Gasteiger partial charge in [-0.05, 0) is 31.0 Å². The molecule has 0 saturated heterocycles. The van der Waals surface area contributed by atoms with E-state index in [1.165, 1.54) is 0 Å². The van der Waals surface area contributed by atoms with Gasteiger partial charge in [0.2, 0.25) is 0 Å². The minimum atomic E-state index is -4.65. The van der Waals surface area contributed by atoms with Crippen molar-refractivity contribution < 1.29 is 27.5 Å². The van der Waals surface area contributed by atoms with Crippen LogP contribution >= 0.6 is 0 Å². The third kappa shape index (κ3) is 3.34. The second-order valence-electron chi connectivity index (χ2n) is 5.29. The van der Waals surface area contributed by atoms with E-state index < -0.39 is 34.6 Å². The zero-order valence-electron chi connectivity index (χ0n) is 11.1. The Labute approximate surface area is 119 Å². The number of halogens is 4. The fraction of sp³-hybridized carbons (Fsp3) is 0.500. The predicted octanol–water partition coefficient (Wildman–Crippen LogP) is 2.88. The molecule has 1 fully saturated rings. The minimum absolute atomic E-state index is 0.320. The monoisotopic (exact) mass is 305 g/mol. The molecule has 2 N–H and O–H groups in total. The lowest BCUT2D eigenvalue weighted by Gasteiger charge is -2.28. The zero-order chi connectivity index (χ0) is 15.7. The van der Waals surface area contributed by atoms with Gasteiger partial charge in [-0.1, -0.05) is 12.8 Å². The smallest absolute Gasteiger partial charge is 0.394 e. The first-order chi connectivity index (χ1) is 9.77. The second-order valence-corrected chi connectivity index (χ2v) is 5.29. The van der Waals surface area contributed by atoms with Gasteiger partial charge in [0.05, 0.1) is 23.3 Å². The van der Waals surface area contributed by atoms with E-state index in [0.717, 1.165) is 12.8 Å².